The number of rotatable bonds is 2. The van der Waals surface area contributed by atoms with Crippen LogP contribution in [0.3, 0.4) is 0 Å². The van der Waals surface area contributed by atoms with Crippen molar-refractivity contribution in [2.24, 2.45) is 0 Å². The molecule has 2 heteroatoms. The van der Waals surface area contributed by atoms with Crippen LogP contribution in [0.15, 0.2) is 23.3 Å². The minimum absolute atomic E-state index is 0.179. The maximum absolute atomic E-state index is 12.8. The standard InChI is InChI=1S/C19H24O2/c1-4-13-10-11(2)9-12(3)16(13)17-18(20)14-7-5-6-8-15(14)19(17)21/h9-10,17-18,20H,4-8H2,1-3H3. The second-order valence-electron chi connectivity index (χ2n) is 6.51. The molecule has 0 aromatic heterocycles. The quantitative estimate of drug-likeness (QED) is 0.897. The van der Waals surface area contributed by atoms with Crippen molar-refractivity contribution in [3.05, 3.63) is 45.5 Å². The molecule has 1 N–H and O–H groups in total. The molecule has 1 aromatic carbocycles. The molecule has 2 aliphatic rings. The molecule has 0 bridgehead atoms. The van der Waals surface area contributed by atoms with Crippen LogP contribution in [0.4, 0.5) is 0 Å². The van der Waals surface area contributed by atoms with Crippen LogP contribution in [0.1, 0.15) is 60.8 Å². The number of ketones is 1. The predicted molar refractivity (Wildman–Crippen MR) is 84.5 cm³/mol. The fourth-order valence-electron chi connectivity index (χ4n) is 4.16. The number of carbonyl (C=O) groups is 1. The van der Waals surface area contributed by atoms with Gasteiger partial charge >= 0.3 is 0 Å². The highest BCUT2D eigenvalue weighted by molar-refractivity contribution is 6.05. The van der Waals surface area contributed by atoms with Crippen molar-refractivity contribution < 1.29 is 9.90 Å². The van der Waals surface area contributed by atoms with Crippen LogP contribution in [-0.2, 0) is 11.2 Å². The maximum atomic E-state index is 12.8. The minimum Gasteiger partial charge on any atom is -0.388 e. The van der Waals surface area contributed by atoms with E-state index in [1.165, 1.54) is 11.1 Å². The zero-order valence-corrected chi connectivity index (χ0v) is 13.2. The number of aliphatic hydroxyl groups excluding tert-OH is 1. The van der Waals surface area contributed by atoms with Gasteiger partial charge in [-0.05, 0) is 73.8 Å². The summed E-state index contributed by atoms with van der Waals surface area (Å²) in [7, 11) is 0. The number of aliphatic hydroxyl groups is 1. The van der Waals surface area contributed by atoms with Gasteiger partial charge in [-0.25, -0.2) is 0 Å². The first-order valence-electron chi connectivity index (χ1n) is 8.08. The van der Waals surface area contributed by atoms with Crippen molar-refractivity contribution in [1.29, 1.82) is 0 Å². The van der Waals surface area contributed by atoms with E-state index >= 15 is 0 Å². The van der Waals surface area contributed by atoms with Crippen LogP contribution in [0, 0.1) is 13.8 Å². The van der Waals surface area contributed by atoms with E-state index in [-0.39, 0.29) is 11.7 Å². The Bertz CT molecular complexity index is 625. The fraction of sp³-hybridized carbons (Fsp3) is 0.526. The van der Waals surface area contributed by atoms with E-state index in [1.807, 2.05) is 0 Å². The topological polar surface area (TPSA) is 37.3 Å². The average Bonchev–Trinajstić information content (AvgIpc) is 2.71. The molecule has 2 atom stereocenters. The van der Waals surface area contributed by atoms with Crippen molar-refractivity contribution in [2.45, 2.75) is 64.9 Å². The third-order valence-electron chi connectivity index (χ3n) is 5.07. The van der Waals surface area contributed by atoms with Crippen LogP contribution in [0.5, 0.6) is 0 Å². The summed E-state index contributed by atoms with van der Waals surface area (Å²) in [4.78, 5) is 12.8. The van der Waals surface area contributed by atoms with E-state index < -0.39 is 6.10 Å². The first kappa shape index (κ1) is 14.5. The maximum Gasteiger partial charge on any atom is 0.169 e. The summed E-state index contributed by atoms with van der Waals surface area (Å²) in [6, 6.07) is 4.30. The summed E-state index contributed by atoms with van der Waals surface area (Å²) in [5.74, 6) is -0.178. The molecule has 0 heterocycles. The molecule has 0 radical (unpaired) electrons. The molecule has 2 unspecified atom stereocenters. The molecule has 1 aromatic rings. The van der Waals surface area contributed by atoms with E-state index in [1.54, 1.807) is 0 Å². The van der Waals surface area contributed by atoms with Crippen molar-refractivity contribution in [3.8, 4) is 0 Å². The second-order valence-corrected chi connectivity index (χ2v) is 6.51. The molecule has 0 aliphatic heterocycles. The Morgan fingerprint density at radius 1 is 1.19 bits per heavy atom. The van der Waals surface area contributed by atoms with Crippen LogP contribution in [-0.4, -0.2) is 17.0 Å². The number of allylic oxidation sites excluding steroid dienone is 1. The number of benzene rings is 1. The van der Waals surface area contributed by atoms with Crippen molar-refractivity contribution >= 4 is 5.78 Å². The van der Waals surface area contributed by atoms with Gasteiger partial charge in [-0.15, -0.1) is 0 Å². The molecular weight excluding hydrogens is 260 g/mol. The van der Waals surface area contributed by atoms with E-state index in [0.29, 0.717) is 0 Å². The van der Waals surface area contributed by atoms with Crippen molar-refractivity contribution in [2.75, 3.05) is 0 Å². The SMILES string of the molecule is CCc1cc(C)cc(C)c1C1C(=O)C2=C(CCCC2)C1O. The molecule has 21 heavy (non-hydrogen) atoms. The summed E-state index contributed by atoms with van der Waals surface area (Å²) >= 11 is 0. The van der Waals surface area contributed by atoms with Crippen LogP contribution >= 0.6 is 0 Å². The zero-order valence-electron chi connectivity index (χ0n) is 13.2. The van der Waals surface area contributed by atoms with Gasteiger partial charge in [0.15, 0.2) is 5.78 Å². The third-order valence-corrected chi connectivity index (χ3v) is 5.07. The minimum atomic E-state index is -0.598. The highest BCUT2D eigenvalue weighted by Crippen LogP contribution is 2.44. The summed E-state index contributed by atoms with van der Waals surface area (Å²) in [6.07, 6.45) is 4.23. The summed E-state index contributed by atoms with van der Waals surface area (Å²) in [5.41, 5.74) is 6.62. The van der Waals surface area contributed by atoms with Gasteiger partial charge in [0.1, 0.15) is 0 Å². The lowest BCUT2D eigenvalue weighted by atomic mass is 9.83. The summed E-state index contributed by atoms with van der Waals surface area (Å²) in [5, 5.41) is 10.7. The Kier molecular flexibility index (Phi) is 3.75. The van der Waals surface area contributed by atoms with Crippen molar-refractivity contribution in [3.63, 3.8) is 0 Å². The first-order chi connectivity index (χ1) is 10.0. The van der Waals surface area contributed by atoms with Gasteiger partial charge < -0.3 is 5.11 Å². The van der Waals surface area contributed by atoms with Gasteiger partial charge in [0.25, 0.3) is 0 Å². The number of aryl methyl sites for hydroxylation is 3. The van der Waals surface area contributed by atoms with Crippen LogP contribution in [0.25, 0.3) is 0 Å². The lowest BCUT2D eigenvalue weighted by Gasteiger charge is -2.22. The monoisotopic (exact) mass is 284 g/mol. The molecule has 2 nitrogen and oxygen atoms in total. The van der Waals surface area contributed by atoms with Crippen LogP contribution < -0.4 is 0 Å². The Hall–Kier alpha value is -1.41. The lowest BCUT2D eigenvalue weighted by Crippen LogP contribution is -2.23. The highest BCUT2D eigenvalue weighted by atomic mass is 16.3. The van der Waals surface area contributed by atoms with E-state index in [9.17, 15) is 9.90 Å². The van der Waals surface area contributed by atoms with E-state index in [4.69, 9.17) is 0 Å². The van der Waals surface area contributed by atoms with E-state index in [2.05, 4.69) is 32.9 Å². The van der Waals surface area contributed by atoms with Gasteiger partial charge in [-0.1, -0.05) is 24.6 Å². The molecule has 0 amide bonds. The second kappa shape index (κ2) is 5.42. The Morgan fingerprint density at radius 2 is 1.90 bits per heavy atom. The molecule has 2 aliphatic carbocycles. The van der Waals surface area contributed by atoms with Gasteiger partial charge in [0, 0.05) is 0 Å². The smallest absolute Gasteiger partial charge is 0.169 e. The zero-order chi connectivity index (χ0) is 15.1. The highest BCUT2D eigenvalue weighted by Gasteiger charge is 2.43. The van der Waals surface area contributed by atoms with Gasteiger partial charge in [-0.3, -0.25) is 4.79 Å². The van der Waals surface area contributed by atoms with Gasteiger partial charge in [0.05, 0.1) is 12.0 Å². The molecule has 0 saturated carbocycles. The van der Waals surface area contributed by atoms with Crippen molar-refractivity contribution in [1.82, 2.24) is 0 Å². The van der Waals surface area contributed by atoms with E-state index in [0.717, 1.165) is 54.4 Å². The number of hydrogen-bond acceptors (Lipinski definition) is 2. The molecule has 0 spiro atoms. The predicted octanol–water partition coefficient (Wildman–Crippen LogP) is 3.76. The number of hydrogen-bond donors (Lipinski definition) is 1. The number of carbonyl (C=O) groups excluding carboxylic acids is 1. The molecular formula is C19H24O2. The summed E-state index contributed by atoms with van der Waals surface area (Å²) < 4.78 is 0. The fourth-order valence-corrected chi connectivity index (χ4v) is 4.16. The van der Waals surface area contributed by atoms with Crippen LogP contribution in [0.2, 0.25) is 0 Å². The molecule has 0 fully saturated rings. The number of Topliss-reactive ketones (excluding diaryl/α,β-unsaturated/α-hetero) is 1. The normalized spacial score (nSPS) is 25.4. The van der Waals surface area contributed by atoms with Gasteiger partial charge in [0.2, 0.25) is 0 Å². The first-order valence-corrected chi connectivity index (χ1v) is 8.08. The Morgan fingerprint density at radius 3 is 2.57 bits per heavy atom. The third kappa shape index (κ3) is 2.26. The Balaban J connectivity index is 2.09. The largest absolute Gasteiger partial charge is 0.388 e. The molecule has 0 saturated heterocycles. The Labute approximate surface area is 126 Å². The molecule has 112 valence electrons. The summed E-state index contributed by atoms with van der Waals surface area (Å²) in [6.45, 7) is 6.28. The average molecular weight is 284 g/mol. The molecule has 3 rings (SSSR count). The lowest BCUT2D eigenvalue weighted by molar-refractivity contribution is -0.117. The van der Waals surface area contributed by atoms with Gasteiger partial charge in [-0.2, -0.15) is 0 Å².